The minimum absolute atomic E-state index is 1.20. The van der Waals surface area contributed by atoms with Crippen LogP contribution in [0.15, 0.2) is 58.3 Å². The molecular formula is C12H12NO4PS. The number of anilines is 2. The molecule has 0 aromatic heterocycles. The third kappa shape index (κ3) is 4.38. The van der Waals surface area contributed by atoms with E-state index < -0.39 is 7.82 Å². The number of benzene rings is 2. The zero-order valence-corrected chi connectivity index (χ0v) is 11.4. The van der Waals surface area contributed by atoms with Crippen molar-refractivity contribution in [2.75, 3.05) is 5.32 Å². The van der Waals surface area contributed by atoms with Gasteiger partial charge in [-0.3, -0.25) is 0 Å². The molecule has 3 rings (SSSR count). The molecule has 2 aromatic carbocycles. The minimum atomic E-state index is -4.64. The van der Waals surface area contributed by atoms with Crippen LogP contribution in [-0.2, 0) is 4.57 Å². The van der Waals surface area contributed by atoms with E-state index in [1.165, 1.54) is 21.2 Å². The van der Waals surface area contributed by atoms with Crippen LogP contribution >= 0.6 is 19.6 Å². The summed E-state index contributed by atoms with van der Waals surface area (Å²) in [6, 6.07) is 16.8. The Bertz CT molecular complexity index is 533. The van der Waals surface area contributed by atoms with E-state index in [0.29, 0.717) is 0 Å². The van der Waals surface area contributed by atoms with E-state index in [-0.39, 0.29) is 0 Å². The van der Waals surface area contributed by atoms with Crippen LogP contribution in [0, 0.1) is 0 Å². The first-order valence-corrected chi connectivity index (χ1v) is 7.73. The van der Waals surface area contributed by atoms with E-state index in [0.717, 1.165) is 0 Å². The predicted octanol–water partition coefficient (Wildman–Crippen LogP) is 2.97. The van der Waals surface area contributed by atoms with Crippen molar-refractivity contribution >= 4 is 31.0 Å². The molecule has 0 fully saturated rings. The number of fused-ring (bicyclic) bond motifs is 2. The molecule has 0 spiro atoms. The quantitative estimate of drug-likeness (QED) is 0.477. The van der Waals surface area contributed by atoms with Gasteiger partial charge in [0.1, 0.15) is 0 Å². The summed E-state index contributed by atoms with van der Waals surface area (Å²) < 4.78 is 8.88. The minimum Gasteiger partial charge on any atom is -0.354 e. The summed E-state index contributed by atoms with van der Waals surface area (Å²) in [5.41, 5.74) is 2.41. The number of rotatable bonds is 0. The summed E-state index contributed by atoms with van der Waals surface area (Å²) in [5, 5.41) is 3.42. The molecule has 0 saturated heterocycles. The third-order valence-corrected chi connectivity index (χ3v) is 3.42. The second-order valence-electron chi connectivity index (χ2n) is 3.73. The number of hydrogen-bond acceptors (Lipinski definition) is 3. The monoisotopic (exact) mass is 297 g/mol. The van der Waals surface area contributed by atoms with Gasteiger partial charge in [-0.25, -0.2) is 4.57 Å². The predicted molar refractivity (Wildman–Crippen MR) is 74.6 cm³/mol. The van der Waals surface area contributed by atoms with Gasteiger partial charge in [0.25, 0.3) is 0 Å². The lowest BCUT2D eigenvalue weighted by molar-refractivity contribution is 0.275. The van der Waals surface area contributed by atoms with Crippen LogP contribution in [0.2, 0.25) is 0 Å². The summed E-state index contributed by atoms with van der Waals surface area (Å²) >= 11 is 1.82. The van der Waals surface area contributed by atoms with Crippen molar-refractivity contribution < 1.29 is 19.2 Å². The Morgan fingerprint density at radius 2 is 1.21 bits per heavy atom. The summed E-state index contributed by atoms with van der Waals surface area (Å²) in [4.78, 5) is 24.2. The van der Waals surface area contributed by atoms with Gasteiger partial charge in [0.15, 0.2) is 0 Å². The topological polar surface area (TPSA) is 89.8 Å². The van der Waals surface area contributed by atoms with Crippen LogP contribution in [0.25, 0.3) is 0 Å². The molecule has 0 aliphatic carbocycles. The Labute approximate surface area is 114 Å². The van der Waals surface area contributed by atoms with Crippen LogP contribution in [0.4, 0.5) is 11.4 Å². The van der Waals surface area contributed by atoms with Gasteiger partial charge < -0.3 is 20.0 Å². The maximum atomic E-state index is 8.88. The van der Waals surface area contributed by atoms with Crippen LogP contribution in [-0.4, -0.2) is 14.7 Å². The smallest absolute Gasteiger partial charge is 0.354 e. The first-order chi connectivity index (χ1) is 8.93. The molecule has 2 aromatic rings. The van der Waals surface area contributed by atoms with Crippen molar-refractivity contribution in [2.24, 2.45) is 0 Å². The lowest BCUT2D eigenvalue weighted by Crippen LogP contribution is -1.98. The van der Waals surface area contributed by atoms with Crippen molar-refractivity contribution in [3.05, 3.63) is 48.5 Å². The van der Waals surface area contributed by atoms with Crippen LogP contribution in [0.1, 0.15) is 0 Å². The molecule has 1 aliphatic heterocycles. The van der Waals surface area contributed by atoms with Crippen molar-refractivity contribution in [1.82, 2.24) is 0 Å². The molecule has 0 radical (unpaired) electrons. The fourth-order valence-corrected chi connectivity index (χ4v) is 2.57. The van der Waals surface area contributed by atoms with Crippen LogP contribution in [0.5, 0.6) is 0 Å². The highest BCUT2D eigenvalue weighted by Gasteiger charge is 2.13. The normalized spacial score (nSPS) is 12.4. The first-order valence-electron chi connectivity index (χ1n) is 5.35. The Kier molecular flexibility index (Phi) is 4.29. The molecule has 4 N–H and O–H groups in total. The highest BCUT2D eigenvalue weighted by Crippen LogP contribution is 2.43. The highest BCUT2D eigenvalue weighted by atomic mass is 32.2. The largest absolute Gasteiger partial charge is 0.466 e. The molecule has 5 nitrogen and oxygen atoms in total. The molecule has 0 atom stereocenters. The van der Waals surface area contributed by atoms with Gasteiger partial charge in [0.05, 0.1) is 11.4 Å². The van der Waals surface area contributed by atoms with Crippen molar-refractivity contribution in [3.63, 3.8) is 0 Å². The first kappa shape index (κ1) is 14.1. The second kappa shape index (κ2) is 5.77. The Hall–Kier alpha value is -1.30. The molecule has 1 heterocycles. The maximum Gasteiger partial charge on any atom is 0.466 e. The lowest BCUT2D eigenvalue weighted by Gasteiger charge is -2.19. The summed E-state index contributed by atoms with van der Waals surface area (Å²) in [5.74, 6) is 0. The second-order valence-corrected chi connectivity index (χ2v) is 5.84. The summed E-state index contributed by atoms with van der Waals surface area (Å²) in [7, 11) is -4.64. The van der Waals surface area contributed by atoms with E-state index >= 15 is 0 Å². The van der Waals surface area contributed by atoms with Gasteiger partial charge in [0.2, 0.25) is 0 Å². The number of nitrogens with one attached hydrogen (secondary N) is 1. The van der Waals surface area contributed by atoms with Crippen molar-refractivity contribution in [1.29, 1.82) is 0 Å². The average Bonchev–Trinajstić information content (AvgIpc) is 2.34. The molecule has 19 heavy (non-hydrogen) atoms. The maximum absolute atomic E-state index is 8.88. The highest BCUT2D eigenvalue weighted by molar-refractivity contribution is 7.99. The Balaban J connectivity index is 0.000000232. The number of para-hydroxylation sites is 2. The zero-order valence-electron chi connectivity index (χ0n) is 9.72. The Morgan fingerprint density at radius 3 is 1.63 bits per heavy atom. The molecule has 0 amide bonds. The van der Waals surface area contributed by atoms with Gasteiger partial charge >= 0.3 is 7.82 Å². The molecule has 7 heteroatoms. The van der Waals surface area contributed by atoms with Gasteiger partial charge in [-0.05, 0) is 24.3 Å². The third-order valence-electron chi connectivity index (χ3n) is 2.26. The SMILES string of the molecule is O=P(O)(O)O.c1ccc2c(c1)Nc1ccccc1S2. The van der Waals surface area contributed by atoms with E-state index in [1.54, 1.807) is 0 Å². The average molecular weight is 297 g/mol. The van der Waals surface area contributed by atoms with Gasteiger partial charge in [-0.2, -0.15) is 0 Å². The number of hydrogen-bond donors (Lipinski definition) is 4. The van der Waals surface area contributed by atoms with E-state index in [4.69, 9.17) is 19.2 Å². The molecular weight excluding hydrogens is 285 g/mol. The van der Waals surface area contributed by atoms with Gasteiger partial charge in [-0.1, -0.05) is 36.0 Å². The molecule has 0 bridgehead atoms. The van der Waals surface area contributed by atoms with Crippen molar-refractivity contribution in [2.45, 2.75) is 9.79 Å². The summed E-state index contributed by atoms with van der Waals surface area (Å²) in [6.07, 6.45) is 0. The molecule has 100 valence electrons. The van der Waals surface area contributed by atoms with Crippen LogP contribution in [0.3, 0.4) is 0 Å². The number of phosphoric acid groups is 1. The summed E-state index contributed by atoms with van der Waals surface area (Å²) in [6.45, 7) is 0. The Morgan fingerprint density at radius 1 is 0.842 bits per heavy atom. The lowest BCUT2D eigenvalue weighted by atomic mass is 10.2. The zero-order chi connectivity index (χ0) is 13.9. The fraction of sp³-hybridized carbons (Fsp3) is 0. The van der Waals surface area contributed by atoms with Crippen LogP contribution < -0.4 is 5.32 Å². The fourth-order valence-electron chi connectivity index (χ4n) is 1.58. The van der Waals surface area contributed by atoms with Gasteiger partial charge in [-0.15, -0.1) is 0 Å². The van der Waals surface area contributed by atoms with Gasteiger partial charge in [0, 0.05) is 9.79 Å². The molecule has 0 unspecified atom stereocenters. The van der Waals surface area contributed by atoms with Crippen molar-refractivity contribution in [3.8, 4) is 0 Å². The molecule has 0 saturated carbocycles. The van der Waals surface area contributed by atoms with E-state index in [2.05, 4.69) is 53.8 Å². The molecule has 1 aliphatic rings. The van der Waals surface area contributed by atoms with E-state index in [1.807, 2.05) is 11.8 Å². The van der Waals surface area contributed by atoms with E-state index in [9.17, 15) is 0 Å². The standard InChI is InChI=1S/C12H9NS.H3O4P/c1-3-7-11-9(5-1)13-10-6-2-4-8-12(10)14-11;1-5(2,3)4/h1-8,13H;(H3,1,2,3,4).